The van der Waals surface area contributed by atoms with E-state index in [0.717, 1.165) is 0 Å². The Morgan fingerprint density at radius 2 is 0.619 bits per heavy atom. The first kappa shape index (κ1) is 25.4. The Balaban J connectivity index is 1.41. The van der Waals surface area contributed by atoms with Crippen molar-refractivity contribution in [3.63, 3.8) is 0 Å². The van der Waals surface area contributed by atoms with Crippen LogP contribution in [0.3, 0.4) is 0 Å². The average molecular weight is 604 g/mol. The van der Waals surface area contributed by atoms with E-state index in [4.69, 9.17) is 0 Å². The van der Waals surface area contributed by atoms with E-state index in [0.29, 0.717) is 0 Å². The molecule has 6 aromatic carbocycles. The summed E-state index contributed by atoms with van der Waals surface area (Å²) in [5.74, 6) is 0. The molecule has 3 aliphatic rings. The van der Waals surface area contributed by atoms with Crippen molar-refractivity contribution < 1.29 is 0 Å². The van der Waals surface area contributed by atoms with Crippen LogP contribution < -0.4 is 32.8 Å². The molecule has 0 unspecified atom stereocenters. The summed E-state index contributed by atoms with van der Waals surface area (Å²) in [5, 5.41) is 0. The maximum absolute atomic E-state index is 2.35. The normalized spacial score (nSPS) is 14.2. The highest BCUT2D eigenvalue weighted by molar-refractivity contribution is 8.06. The van der Waals surface area contributed by atoms with Gasteiger partial charge in [-0.2, -0.15) is 0 Å². The second kappa shape index (κ2) is 10.2. The lowest BCUT2D eigenvalue weighted by Crippen LogP contribution is -2.60. The molecule has 0 saturated carbocycles. The molecule has 0 bridgehead atoms. The Kier molecular flexibility index (Phi) is 6.18. The van der Waals surface area contributed by atoms with E-state index >= 15 is 0 Å². The molecule has 0 atom stereocenters. The standard InChI is InChI=1S/C36H22B2S4/c1-3-13-23(14-4-1)37-25-17-7-9-19-27(25)39-33-31(37)35-36(42-30-22-12-11-21-29(30)41-35)32-34(33)40-28-20-10-8-18-26(28)38(32)24-15-5-2-6-16-24/h1-22H. The van der Waals surface area contributed by atoms with Gasteiger partial charge < -0.3 is 0 Å². The molecule has 42 heavy (non-hydrogen) atoms. The van der Waals surface area contributed by atoms with Gasteiger partial charge in [0.15, 0.2) is 0 Å². The zero-order chi connectivity index (χ0) is 27.6. The van der Waals surface area contributed by atoms with E-state index < -0.39 is 0 Å². The van der Waals surface area contributed by atoms with E-state index in [2.05, 4.69) is 133 Å². The quantitative estimate of drug-likeness (QED) is 0.214. The molecule has 196 valence electrons. The third-order valence-corrected chi connectivity index (χ3v) is 13.6. The van der Waals surface area contributed by atoms with Crippen LogP contribution in [0.5, 0.6) is 0 Å². The van der Waals surface area contributed by atoms with E-state index in [1.54, 1.807) is 0 Å². The summed E-state index contributed by atoms with van der Waals surface area (Å²) in [6.45, 7) is 0.369. The molecule has 0 radical (unpaired) electrons. The van der Waals surface area contributed by atoms with Crippen molar-refractivity contribution in [1.82, 2.24) is 0 Å². The topological polar surface area (TPSA) is 0 Å². The molecule has 3 heterocycles. The molecule has 3 aliphatic heterocycles. The first-order valence-corrected chi connectivity index (χ1v) is 17.4. The summed E-state index contributed by atoms with van der Waals surface area (Å²) < 4.78 is 0. The second-order valence-corrected chi connectivity index (χ2v) is 15.0. The van der Waals surface area contributed by atoms with Crippen LogP contribution in [0.25, 0.3) is 0 Å². The van der Waals surface area contributed by atoms with Crippen molar-refractivity contribution in [2.45, 2.75) is 39.2 Å². The Bertz CT molecular complexity index is 1840. The fraction of sp³-hybridized carbons (Fsp3) is 0. The van der Waals surface area contributed by atoms with E-state index in [1.807, 2.05) is 47.0 Å². The third kappa shape index (κ3) is 3.92. The molecule has 0 amide bonds. The highest BCUT2D eigenvalue weighted by Gasteiger charge is 2.43. The highest BCUT2D eigenvalue weighted by atomic mass is 32.2. The molecule has 0 saturated heterocycles. The maximum Gasteiger partial charge on any atom is 0.245 e. The largest absolute Gasteiger partial charge is 0.245 e. The van der Waals surface area contributed by atoms with Gasteiger partial charge in [0.2, 0.25) is 13.4 Å². The molecule has 0 fully saturated rings. The summed E-state index contributed by atoms with van der Waals surface area (Å²) in [7, 11) is 0. The van der Waals surface area contributed by atoms with Gasteiger partial charge in [0.25, 0.3) is 0 Å². The minimum absolute atomic E-state index is 0.184. The lowest BCUT2D eigenvalue weighted by Gasteiger charge is -2.38. The zero-order valence-electron chi connectivity index (χ0n) is 22.5. The maximum atomic E-state index is 2.35. The van der Waals surface area contributed by atoms with E-state index in [9.17, 15) is 0 Å². The molecule has 0 spiro atoms. The van der Waals surface area contributed by atoms with Gasteiger partial charge in [0.1, 0.15) is 0 Å². The summed E-state index contributed by atoms with van der Waals surface area (Å²) >= 11 is 7.91. The van der Waals surface area contributed by atoms with Crippen molar-refractivity contribution in [3.8, 4) is 0 Å². The lowest BCUT2D eigenvalue weighted by molar-refractivity contribution is 1.12. The predicted octanol–water partition coefficient (Wildman–Crippen LogP) is 6.26. The predicted molar refractivity (Wildman–Crippen MR) is 184 cm³/mol. The van der Waals surface area contributed by atoms with Gasteiger partial charge in [0.05, 0.1) is 0 Å². The number of benzene rings is 6. The Morgan fingerprint density at radius 1 is 0.310 bits per heavy atom. The van der Waals surface area contributed by atoms with Crippen LogP contribution in [0, 0.1) is 0 Å². The number of rotatable bonds is 2. The van der Waals surface area contributed by atoms with Gasteiger partial charge in [-0.25, -0.2) is 0 Å². The molecule has 6 aromatic rings. The van der Waals surface area contributed by atoms with Crippen LogP contribution >= 0.6 is 47.0 Å². The van der Waals surface area contributed by atoms with Crippen LogP contribution in [0.1, 0.15) is 0 Å². The Morgan fingerprint density at radius 3 is 1.02 bits per heavy atom. The molecular weight excluding hydrogens is 582 g/mol. The van der Waals surface area contributed by atoms with Crippen LogP contribution in [0.4, 0.5) is 0 Å². The minimum atomic E-state index is 0.184. The van der Waals surface area contributed by atoms with Gasteiger partial charge >= 0.3 is 0 Å². The molecule has 9 rings (SSSR count). The summed E-state index contributed by atoms with van der Waals surface area (Å²) in [6.07, 6.45) is 0. The summed E-state index contributed by atoms with van der Waals surface area (Å²) in [6, 6.07) is 49.4. The van der Waals surface area contributed by atoms with Crippen molar-refractivity contribution in [2.24, 2.45) is 0 Å². The number of fused-ring (bicyclic) bond motifs is 9. The number of hydrogen-bond acceptors (Lipinski definition) is 4. The zero-order valence-corrected chi connectivity index (χ0v) is 25.8. The van der Waals surface area contributed by atoms with E-state index in [-0.39, 0.29) is 13.4 Å². The van der Waals surface area contributed by atoms with Gasteiger partial charge in [-0.3, -0.25) is 0 Å². The summed E-state index contributed by atoms with van der Waals surface area (Å²) in [4.78, 5) is 11.2. The fourth-order valence-electron chi connectivity index (χ4n) is 6.60. The SMILES string of the molecule is c1ccc(B2c3ccccc3Sc3c4c(c5c(c32)Sc2ccccc2S5)B(c2ccccc2)c2ccccc2S4)cc1. The van der Waals surface area contributed by atoms with Crippen molar-refractivity contribution >= 4 is 93.2 Å². The average Bonchev–Trinajstić information content (AvgIpc) is 3.06. The highest BCUT2D eigenvalue weighted by Crippen LogP contribution is 2.52. The smallest absolute Gasteiger partial charge is 0.0900 e. The molecule has 0 N–H and O–H groups in total. The molecule has 6 heteroatoms. The van der Waals surface area contributed by atoms with Gasteiger partial charge in [-0.15, -0.1) is 0 Å². The van der Waals surface area contributed by atoms with Gasteiger partial charge in [-0.1, -0.05) is 178 Å². The van der Waals surface area contributed by atoms with Crippen LogP contribution in [0.15, 0.2) is 173 Å². The summed E-state index contributed by atoms with van der Waals surface area (Å²) in [5.41, 5.74) is 8.49. The Labute approximate surface area is 264 Å². The first-order valence-electron chi connectivity index (χ1n) is 14.2. The second-order valence-electron chi connectivity index (χ2n) is 10.8. The van der Waals surface area contributed by atoms with Crippen molar-refractivity contribution in [3.05, 3.63) is 133 Å². The van der Waals surface area contributed by atoms with E-state index in [1.165, 1.54) is 71.9 Å². The van der Waals surface area contributed by atoms with Crippen LogP contribution in [-0.2, 0) is 0 Å². The molecule has 0 nitrogen and oxygen atoms in total. The van der Waals surface area contributed by atoms with Gasteiger partial charge in [0, 0.05) is 39.2 Å². The van der Waals surface area contributed by atoms with Crippen molar-refractivity contribution in [1.29, 1.82) is 0 Å². The van der Waals surface area contributed by atoms with Gasteiger partial charge in [-0.05, 0) is 35.2 Å². The first-order chi connectivity index (χ1) is 20.8. The monoisotopic (exact) mass is 604 g/mol. The fourth-order valence-corrected chi connectivity index (χ4v) is 12.0. The van der Waals surface area contributed by atoms with Crippen LogP contribution in [0.2, 0.25) is 0 Å². The van der Waals surface area contributed by atoms with Crippen molar-refractivity contribution in [2.75, 3.05) is 0 Å². The number of hydrogen-bond donors (Lipinski definition) is 0. The minimum Gasteiger partial charge on any atom is -0.0900 e. The molecule has 0 aliphatic carbocycles. The molecular formula is C36H22B2S4. The third-order valence-electron chi connectivity index (χ3n) is 8.39. The molecule has 0 aromatic heterocycles. The lowest BCUT2D eigenvalue weighted by atomic mass is 9.34. The Hall–Kier alpha value is -3.15. The van der Waals surface area contributed by atoms with Crippen LogP contribution in [-0.4, -0.2) is 13.4 Å².